The predicted octanol–water partition coefficient (Wildman–Crippen LogP) is 2.28. The van der Waals surface area contributed by atoms with Gasteiger partial charge in [-0.25, -0.2) is 4.98 Å². The third-order valence-electron chi connectivity index (χ3n) is 2.91. The number of hydrogen-bond acceptors (Lipinski definition) is 3. The summed E-state index contributed by atoms with van der Waals surface area (Å²) in [5.41, 5.74) is 3.37. The highest BCUT2D eigenvalue weighted by atomic mass is 32.1. The number of hydrogen-bond donors (Lipinski definition) is 1. The number of carbonyl (C=O) groups is 1. The summed E-state index contributed by atoms with van der Waals surface area (Å²) in [6, 6.07) is 2.05. The first-order valence-electron chi connectivity index (χ1n) is 5.39. The van der Waals surface area contributed by atoms with Crippen LogP contribution >= 0.6 is 11.3 Å². The molecule has 2 heterocycles. The lowest BCUT2D eigenvalue weighted by Crippen LogP contribution is -2.14. The summed E-state index contributed by atoms with van der Waals surface area (Å²) in [5.74, 6) is -0.0198. The molecule has 1 N–H and O–H groups in total. The Morgan fingerprint density at radius 2 is 2.29 bits per heavy atom. The number of carbonyl (C=O) groups excluding carboxylic acids is 1. The first kappa shape index (κ1) is 11.9. The highest BCUT2D eigenvalue weighted by Crippen LogP contribution is 2.15. The SMILES string of the molecule is Cc1cc(CC(=O)Nc2nccs2)c(C)n1C. The minimum atomic E-state index is -0.0198. The van der Waals surface area contributed by atoms with Crippen molar-refractivity contribution in [3.8, 4) is 0 Å². The lowest BCUT2D eigenvalue weighted by molar-refractivity contribution is -0.115. The average molecular weight is 249 g/mol. The Hall–Kier alpha value is -1.62. The quantitative estimate of drug-likeness (QED) is 0.907. The third-order valence-corrected chi connectivity index (χ3v) is 3.60. The van der Waals surface area contributed by atoms with E-state index < -0.39 is 0 Å². The second-order valence-corrected chi connectivity index (χ2v) is 4.91. The van der Waals surface area contributed by atoms with Crippen LogP contribution in [0.4, 0.5) is 5.13 Å². The van der Waals surface area contributed by atoms with Gasteiger partial charge in [0.05, 0.1) is 6.42 Å². The van der Waals surface area contributed by atoms with E-state index in [2.05, 4.69) is 20.9 Å². The first-order valence-corrected chi connectivity index (χ1v) is 6.27. The molecule has 4 nitrogen and oxygen atoms in total. The molecule has 0 aliphatic rings. The molecule has 2 rings (SSSR count). The predicted molar refractivity (Wildman–Crippen MR) is 69.3 cm³/mol. The molecule has 17 heavy (non-hydrogen) atoms. The smallest absolute Gasteiger partial charge is 0.230 e. The van der Waals surface area contributed by atoms with Crippen molar-refractivity contribution in [2.75, 3.05) is 5.32 Å². The van der Waals surface area contributed by atoms with Gasteiger partial charge in [0.15, 0.2) is 5.13 Å². The summed E-state index contributed by atoms with van der Waals surface area (Å²) >= 11 is 1.43. The van der Waals surface area contributed by atoms with Crippen molar-refractivity contribution in [2.45, 2.75) is 20.3 Å². The van der Waals surface area contributed by atoms with Crippen LogP contribution in [0.15, 0.2) is 17.6 Å². The molecule has 0 aromatic carbocycles. The number of aromatic nitrogens is 2. The van der Waals surface area contributed by atoms with E-state index in [1.807, 2.05) is 26.3 Å². The summed E-state index contributed by atoms with van der Waals surface area (Å²) < 4.78 is 2.09. The average Bonchev–Trinajstić information content (AvgIpc) is 2.85. The molecule has 2 aromatic heterocycles. The van der Waals surface area contributed by atoms with Gasteiger partial charge in [-0.2, -0.15) is 0 Å². The van der Waals surface area contributed by atoms with E-state index in [1.54, 1.807) is 6.20 Å². The van der Waals surface area contributed by atoms with Gasteiger partial charge in [-0.05, 0) is 25.5 Å². The Labute approximate surface area is 104 Å². The minimum absolute atomic E-state index is 0.0198. The molecule has 1 amide bonds. The van der Waals surface area contributed by atoms with Gasteiger partial charge >= 0.3 is 0 Å². The number of aryl methyl sites for hydroxylation is 1. The molecule has 0 spiro atoms. The molecule has 90 valence electrons. The molecule has 0 unspecified atom stereocenters. The van der Waals surface area contributed by atoms with E-state index in [1.165, 1.54) is 17.0 Å². The zero-order valence-electron chi connectivity index (χ0n) is 10.2. The van der Waals surface area contributed by atoms with E-state index in [-0.39, 0.29) is 5.91 Å². The number of nitrogens with one attached hydrogen (secondary N) is 1. The van der Waals surface area contributed by atoms with Gasteiger partial charge in [-0.15, -0.1) is 11.3 Å². The molecule has 2 aromatic rings. The standard InChI is InChI=1S/C12H15N3OS/c1-8-6-10(9(2)15(8)3)7-11(16)14-12-13-4-5-17-12/h4-6H,7H2,1-3H3,(H,13,14,16). The molecule has 0 saturated carbocycles. The van der Waals surface area contributed by atoms with Gasteiger partial charge in [0.2, 0.25) is 5.91 Å². The largest absolute Gasteiger partial charge is 0.352 e. The van der Waals surface area contributed by atoms with Crippen molar-refractivity contribution in [3.05, 3.63) is 34.6 Å². The monoisotopic (exact) mass is 249 g/mol. The van der Waals surface area contributed by atoms with Crippen LogP contribution in [0.3, 0.4) is 0 Å². The summed E-state index contributed by atoms with van der Waals surface area (Å²) in [4.78, 5) is 15.8. The molecule has 0 bridgehead atoms. The normalized spacial score (nSPS) is 10.5. The zero-order valence-corrected chi connectivity index (χ0v) is 11.0. The Bertz CT molecular complexity index is 528. The van der Waals surface area contributed by atoms with Crippen LogP contribution in [0.5, 0.6) is 0 Å². The van der Waals surface area contributed by atoms with Crippen LogP contribution in [0.25, 0.3) is 0 Å². The number of thiazole rings is 1. The number of amides is 1. The number of nitrogens with zero attached hydrogens (tertiary/aromatic N) is 2. The van der Waals surface area contributed by atoms with Crippen molar-refractivity contribution in [2.24, 2.45) is 7.05 Å². The third kappa shape index (κ3) is 2.55. The molecule has 0 radical (unpaired) electrons. The van der Waals surface area contributed by atoms with E-state index in [9.17, 15) is 4.79 Å². The first-order chi connectivity index (χ1) is 8.08. The zero-order chi connectivity index (χ0) is 12.4. The topological polar surface area (TPSA) is 46.9 Å². The van der Waals surface area contributed by atoms with Crippen LogP contribution in [-0.4, -0.2) is 15.5 Å². The maximum atomic E-state index is 11.8. The summed E-state index contributed by atoms with van der Waals surface area (Å²) in [6.45, 7) is 4.06. The van der Waals surface area contributed by atoms with Crippen LogP contribution in [0.2, 0.25) is 0 Å². The van der Waals surface area contributed by atoms with Gasteiger partial charge in [0, 0.05) is 30.0 Å². The molecule has 0 saturated heterocycles. The Balaban J connectivity index is 2.06. The Morgan fingerprint density at radius 3 is 2.82 bits per heavy atom. The van der Waals surface area contributed by atoms with E-state index >= 15 is 0 Å². The van der Waals surface area contributed by atoms with E-state index in [4.69, 9.17) is 0 Å². The molecular weight excluding hydrogens is 234 g/mol. The summed E-state index contributed by atoms with van der Waals surface area (Å²) in [7, 11) is 2.01. The molecule has 5 heteroatoms. The Kier molecular flexibility index (Phi) is 3.28. The van der Waals surface area contributed by atoms with Crippen molar-refractivity contribution in [1.82, 2.24) is 9.55 Å². The Morgan fingerprint density at radius 1 is 1.53 bits per heavy atom. The van der Waals surface area contributed by atoms with Crippen LogP contribution < -0.4 is 5.32 Å². The lowest BCUT2D eigenvalue weighted by atomic mass is 10.2. The maximum Gasteiger partial charge on any atom is 0.230 e. The number of rotatable bonds is 3. The van der Waals surface area contributed by atoms with E-state index in [0.717, 1.165) is 11.3 Å². The summed E-state index contributed by atoms with van der Waals surface area (Å²) in [5, 5.41) is 5.28. The van der Waals surface area contributed by atoms with E-state index in [0.29, 0.717) is 11.6 Å². The van der Waals surface area contributed by atoms with Crippen LogP contribution in [0, 0.1) is 13.8 Å². The van der Waals surface area contributed by atoms with Crippen molar-refractivity contribution >= 4 is 22.4 Å². The van der Waals surface area contributed by atoms with Crippen molar-refractivity contribution in [3.63, 3.8) is 0 Å². The maximum absolute atomic E-state index is 11.8. The summed E-state index contributed by atoms with van der Waals surface area (Å²) in [6.07, 6.45) is 2.07. The second-order valence-electron chi connectivity index (χ2n) is 4.02. The fraction of sp³-hybridized carbons (Fsp3) is 0.333. The molecule has 0 atom stereocenters. The van der Waals surface area contributed by atoms with Gasteiger partial charge < -0.3 is 9.88 Å². The van der Waals surface area contributed by atoms with Gasteiger partial charge in [0.1, 0.15) is 0 Å². The molecule has 0 aliphatic heterocycles. The lowest BCUT2D eigenvalue weighted by Gasteiger charge is -2.03. The van der Waals surface area contributed by atoms with Crippen LogP contribution in [0.1, 0.15) is 17.0 Å². The highest BCUT2D eigenvalue weighted by molar-refractivity contribution is 7.13. The van der Waals surface area contributed by atoms with Crippen molar-refractivity contribution in [1.29, 1.82) is 0 Å². The second kappa shape index (κ2) is 4.71. The van der Waals surface area contributed by atoms with Gasteiger partial charge in [-0.3, -0.25) is 4.79 Å². The van der Waals surface area contributed by atoms with Crippen LogP contribution in [-0.2, 0) is 18.3 Å². The molecular formula is C12H15N3OS. The fourth-order valence-electron chi connectivity index (χ4n) is 1.73. The molecule has 0 fully saturated rings. The highest BCUT2D eigenvalue weighted by Gasteiger charge is 2.11. The number of anilines is 1. The minimum Gasteiger partial charge on any atom is -0.352 e. The molecule has 0 aliphatic carbocycles. The fourth-order valence-corrected chi connectivity index (χ4v) is 2.28. The van der Waals surface area contributed by atoms with Gasteiger partial charge in [-0.1, -0.05) is 0 Å². The van der Waals surface area contributed by atoms with Crippen molar-refractivity contribution < 1.29 is 4.79 Å². The van der Waals surface area contributed by atoms with Gasteiger partial charge in [0.25, 0.3) is 0 Å².